The highest BCUT2D eigenvalue weighted by molar-refractivity contribution is 5.82. The SMILES string of the molecule is CC(C)NC(=O)C1COCCN1C(C)CN. The molecule has 1 heterocycles. The van der Waals surface area contributed by atoms with Gasteiger partial charge in [-0.05, 0) is 20.8 Å². The lowest BCUT2D eigenvalue weighted by Gasteiger charge is -2.38. The summed E-state index contributed by atoms with van der Waals surface area (Å²) in [5.41, 5.74) is 5.65. The maximum Gasteiger partial charge on any atom is 0.239 e. The van der Waals surface area contributed by atoms with E-state index in [-0.39, 0.29) is 24.0 Å². The van der Waals surface area contributed by atoms with Gasteiger partial charge in [0.1, 0.15) is 6.04 Å². The van der Waals surface area contributed by atoms with Gasteiger partial charge in [0.2, 0.25) is 5.91 Å². The molecule has 3 N–H and O–H groups in total. The fourth-order valence-electron chi connectivity index (χ4n) is 1.89. The van der Waals surface area contributed by atoms with Crippen LogP contribution in [-0.2, 0) is 9.53 Å². The molecule has 5 heteroatoms. The topological polar surface area (TPSA) is 67.6 Å². The van der Waals surface area contributed by atoms with E-state index in [1.807, 2.05) is 20.8 Å². The van der Waals surface area contributed by atoms with Gasteiger partial charge in [-0.25, -0.2) is 0 Å². The standard InChI is InChI=1S/C11H23N3O2/c1-8(2)13-11(15)10-7-16-5-4-14(10)9(3)6-12/h8-10H,4-7,12H2,1-3H3,(H,13,15). The van der Waals surface area contributed by atoms with Gasteiger partial charge < -0.3 is 15.8 Å². The van der Waals surface area contributed by atoms with Crippen LogP contribution in [0.15, 0.2) is 0 Å². The van der Waals surface area contributed by atoms with Crippen LogP contribution >= 0.6 is 0 Å². The molecular weight excluding hydrogens is 206 g/mol. The van der Waals surface area contributed by atoms with E-state index in [0.717, 1.165) is 6.54 Å². The third-order valence-electron chi connectivity index (χ3n) is 2.81. The average Bonchev–Trinajstić information content (AvgIpc) is 2.27. The molecule has 1 aliphatic heterocycles. The molecular formula is C11H23N3O2. The van der Waals surface area contributed by atoms with Crippen LogP contribution < -0.4 is 11.1 Å². The third-order valence-corrected chi connectivity index (χ3v) is 2.81. The molecule has 5 nitrogen and oxygen atoms in total. The second-order valence-electron chi connectivity index (χ2n) is 4.58. The minimum Gasteiger partial charge on any atom is -0.378 e. The van der Waals surface area contributed by atoms with E-state index in [1.165, 1.54) is 0 Å². The molecule has 0 aromatic rings. The first kappa shape index (κ1) is 13.4. The Kier molecular flexibility index (Phi) is 5.18. The van der Waals surface area contributed by atoms with E-state index < -0.39 is 0 Å². The predicted molar refractivity (Wildman–Crippen MR) is 63.1 cm³/mol. The molecule has 0 radical (unpaired) electrons. The number of carbonyl (C=O) groups excluding carboxylic acids is 1. The highest BCUT2D eigenvalue weighted by Crippen LogP contribution is 2.11. The maximum absolute atomic E-state index is 12.0. The van der Waals surface area contributed by atoms with Gasteiger partial charge in [-0.15, -0.1) is 0 Å². The van der Waals surface area contributed by atoms with E-state index in [0.29, 0.717) is 19.8 Å². The van der Waals surface area contributed by atoms with Gasteiger partial charge in [-0.2, -0.15) is 0 Å². The largest absolute Gasteiger partial charge is 0.378 e. The predicted octanol–water partition coefficient (Wildman–Crippen LogP) is -0.441. The van der Waals surface area contributed by atoms with Gasteiger partial charge in [0.15, 0.2) is 0 Å². The zero-order valence-electron chi connectivity index (χ0n) is 10.4. The van der Waals surface area contributed by atoms with Crippen LogP contribution in [0.4, 0.5) is 0 Å². The second-order valence-corrected chi connectivity index (χ2v) is 4.58. The zero-order chi connectivity index (χ0) is 12.1. The van der Waals surface area contributed by atoms with Gasteiger partial charge >= 0.3 is 0 Å². The first-order valence-electron chi connectivity index (χ1n) is 5.90. The Labute approximate surface area is 97.3 Å². The highest BCUT2D eigenvalue weighted by atomic mass is 16.5. The molecule has 0 aromatic carbocycles. The van der Waals surface area contributed by atoms with Crippen molar-refractivity contribution in [1.82, 2.24) is 10.2 Å². The van der Waals surface area contributed by atoms with Crippen LogP contribution in [0.25, 0.3) is 0 Å². The number of hydrogen-bond donors (Lipinski definition) is 2. The van der Waals surface area contributed by atoms with Gasteiger partial charge in [0, 0.05) is 25.2 Å². The minimum absolute atomic E-state index is 0.0370. The van der Waals surface area contributed by atoms with Crippen molar-refractivity contribution in [1.29, 1.82) is 0 Å². The van der Waals surface area contributed by atoms with Crippen LogP contribution in [0, 0.1) is 0 Å². The summed E-state index contributed by atoms with van der Waals surface area (Å²) >= 11 is 0. The third kappa shape index (κ3) is 3.43. The summed E-state index contributed by atoms with van der Waals surface area (Å²) in [5, 5.41) is 2.92. The average molecular weight is 229 g/mol. The summed E-state index contributed by atoms with van der Waals surface area (Å²) in [6.45, 7) is 8.43. The fourth-order valence-corrected chi connectivity index (χ4v) is 1.89. The normalized spacial score (nSPS) is 24.4. The Morgan fingerprint density at radius 2 is 2.25 bits per heavy atom. The van der Waals surface area contributed by atoms with Gasteiger partial charge in [0.25, 0.3) is 0 Å². The number of nitrogens with two attached hydrogens (primary N) is 1. The molecule has 0 aliphatic carbocycles. The molecule has 2 unspecified atom stereocenters. The van der Waals surface area contributed by atoms with Gasteiger partial charge in [-0.1, -0.05) is 0 Å². The number of amides is 1. The lowest BCUT2D eigenvalue weighted by Crippen LogP contribution is -2.58. The second kappa shape index (κ2) is 6.18. The molecule has 94 valence electrons. The van der Waals surface area contributed by atoms with Crippen molar-refractivity contribution in [3.63, 3.8) is 0 Å². The van der Waals surface area contributed by atoms with Crippen LogP contribution in [0.5, 0.6) is 0 Å². The lowest BCUT2D eigenvalue weighted by atomic mass is 10.1. The van der Waals surface area contributed by atoms with Crippen LogP contribution in [0.2, 0.25) is 0 Å². The first-order valence-corrected chi connectivity index (χ1v) is 5.90. The Bertz CT molecular complexity index is 233. The number of carbonyl (C=O) groups is 1. The molecule has 0 aromatic heterocycles. The van der Waals surface area contributed by atoms with Crippen molar-refractivity contribution in [2.75, 3.05) is 26.3 Å². The van der Waals surface area contributed by atoms with Crippen molar-refractivity contribution in [2.24, 2.45) is 5.73 Å². The van der Waals surface area contributed by atoms with Crippen LogP contribution in [0.3, 0.4) is 0 Å². The summed E-state index contributed by atoms with van der Waals surface area (Å²) < 4.78 is 5.37. The number of nitrogens with zero attached hydrogens (tertiary/aromatic N) is 1. The van der Waals surface area contributed by atoms with Crippen molar-refractivity contribution in [3.05, 3.63) is 0 Å². The molecule has 2 atom stereocenters. The van der Waals surface area contributed by atoms with Crippen molar-refractivity contribution < 1.29 is 9.53 Å². The summed E-state index contributed by atoms with van der Waals surface area (Å²) in [7, 11) is 0. The molecule has 1 fully saturated rings. The van der Waals surface area contributed by atoms with Gasteiger partial charge in [0.05, 0.1) is 13.2 Å². The Hall–Kier alpha value is -0.650. The fraction of sp³-hybridized carbons (Fsp3) is 0.909. The Balaban J connectivity index is 2.62. The van der Waals surface area contributed by atoms with E-state index in [4.69, 9.17) is 10.5 Å². The van der Waals surface area contributed by atoms with E-state index in [9.17, 15) is 4.79 Å². The number of rotatable bonds is 4. The van der Waals surface area contributed by atoms with E-state index in [2.05, 4.69) is 10.2 Å². The minimum atomic E-state index is -0.199. The van der Waals surface area contributed by atoms with Crippen molar-refractivity contribution >= 4 is 5.91 Å². The number of ether oxygens (including phenoxy) is 1. The highest BCUT2D eigenvalue weighted by Gasteiger charge is 2.32. The monoisotopic (exact) mass is 229 g/mol. The molecule has 16 heavy (non-hydrogen) atoms. The lowest BCUT2D eigenvalue weighted by molar-refractivity contribution is -0.134. The first-order chi connectivity index (χ1) is 7.56. The number of nitrogens with one attached hydrogen (secondary N) is 1. The van der Waals surface area contributed by atoms with Crippen LogP contribution in [-0.4, -0.2) is 55.2 Å². The molecule has 0 spiro atoms. The summed E-state index contributed by atoms with van der Waals surface area (Å²) in [6, 6.07) is 0.172. The number of hydrogen-bond acceptors (Lipinski definition) is 4. The van der Waals surface area contributed by atoms with Crippen molar-refractivity contribution in [3.8, 4) is 0 Å². The smallest absolute Gasteiger partial charge is 0.239 e. The van der Waals surface area contributed by atoms with Gasteiger partial charge in [-0.3, -0.25) is 9.69 Å². The van der Waals surface area contributed by atoms with E-state index in [1.54, 1.807) is 0 Å². The molecule has 1 saturated heterocycles. The summed E-state index contributed by atoms with van der Waals surface area (Å²) in [5.74, 6) is 0.0370. The number of morpholine rings is 1. The Morgan fingerprint density at radius 3 is 2.81 bits per heavy atom. The quantitative estimate of drug-likeness (QED) is 0.686. The van der Waals surface area contributed by atoms with Crippen molar-refractivity contribution in [2.45, 2.75) is 38.9 Å². The molecule has 0 saturated carbocycles. The molecule has 1 rings (SSSR count). The van der Waals surface area contributed by atoms with E-state index >= 15 is 0 Å². The molecule has 1 aliphatic rings. The summed E-state index contributed by atoms with van der Waals surface area (Å²) in [4.78, 5) is 14.1. The zero-order valence-corrected chi connectivity index (χ0v) is 10.4. The maximum atomic E-state index is 12.0. The van der Waals surface area contributed by atoms with Crippen LogP contribution in [0.1, 0.15) is 20.8 Å². The molecule has 1 amide bonds. The summed E-state index contributed by atoms with van der Waals surface area (Å²) in [6.07, 6.45) is 0. The Morgan fingerprint density at radius 1 is 1.56 bits per heavy atom. The molecule has 0 bridgehead atoms.